The first kappa shape index (κ1) is 16.8. The van der Waals surface area contributed by atoms with Gasteiger partial charge in [-0.25, -0.2) is 0 Å². The smallest absolute Gasteiger partial charge is 0.251 e. The number of nitrogens with one attached hydrogen (secondary N) is 1. The van der Waals surface area contributed by atoms with Crippen molar-refractivity contribution in [1.29, 1.82) is 0 Å². The Morgan fingerprint density at radius 3 is 2.59 bits per heavy atom. The second kappa shape index (κ2) is 7.30. The highest BCUT2D eigenvalue weighted by atomic mass is 16.3. The number of rotatable bonds is 4. The number of aromatic hydroxyl groups is 1. The molecule has 0 saturated heterocycles. The Bertz CT molecular complexity index is 1110. The summed E-state index contributed by atoms with van der Waals surface area (Å²) in [6.45, 7) is 0.479. The van der Waals surface area contributed by atoms with Crippen LogP contribution in [0.5, 0.6) is 5.75 Å². The van der Waals surface area contributed by atoms with Gasteiger partial charge in [-0.3, -0.25) is 9.78 Å². The minimum atomic E-state index is -0.132. The SMILES string of the molecule is O=C(NCc1ccccc1)c1cccc(-c2cc(O)c3ncccc3c2)c1. The van der Waals surface area contributed by atoms with Gasteiger partial charge in [0.25, 0.3) is 5.91 Å². The molecule has 27 heavy (non-hydrogen) atoms. The Labute approximate surface area is 157 Å². The predicted molar refractivity (Wildman–Crippen MR) is 106 cm³/mol. The molecule has 0 aliphatic heterocycles. The summed E-state index contributed by atoms with van der Waals surface area (Å²) in [5.74, 6) is -0.00517. The molecule has 0 fully saturated rings. The van der Waals surface area contributed by atoms with Crippen molar-refractivity contribution >= 4 is 16.8 Å². The molecule has 1 heterocycles. The number of carbonyl (C=O) groups is 1. The number of carbonyl (C=O) groups excluding carboxylic acids is 1. The number of hydrogen-bond acceptors (Lipinski definition) is 3. The molecule has 4 nitrogen and oxygen atoms in total. The summed E-state index contributed by atoms with van der Waals surface area (Å²) in [7, 11) is 0. The Kier molecular flexibility index (Phi) is 4.54. The highest BCUT2D eigenvalue weighted by Crippen LogP contribution is 2.30. The largest absolute Gasteiger partial charge is 0.506 e. The van der Waals surface area contributed by atoms with Crippen molar-refractivity contribution in [3.05, 3.63) is 96.2 Å². The maximum Gasteiger partial charge on any atom is 0.251 e. The van der Waals surface area contributed by atoms with Crippen LogP contribution in [-0.4, -0.2) is 16.0 Å². The third-order valence-corrected chi connectivity index (χ3v) is 4.44. The summed E-state index contributed by atoms with van der Waals surface area (Å²) >= 11 is 0. The number of amides is 1. The highest BCUT2D eigenvalue weighted by molar-refractivity contribution is 5.96. The number of benzene rings is 3. The lowest BCUT2D eigenvalue weighted by Crippen LogP contribution is -2.22. The van der Waals surface area contributed by atoms with Gasteiger partial charge in [0.05, 0.1) is 0 Å². The first-order chi connectivity index (χ1) is 13.2. The Morgan fingerprint density at radius 2 is 1.74 bits per heavy atom. The molecule has 4 aromatic rings. The minimum absolute atomic E-state index is 0.127. The van der Waals surface area contributed by atoms with E-state index in [9.17, 15) is 9.90 Å². The summed E-state index contributed by atoms with van der Waals surface area (Å²) < 4.78 is 0. The molecule has 0 aliphatic rings. The average molecular weight is 354 g/mol. The Morgan fingerprint density at radius 1 is 0.889 bits per heavy atom. The highest BCUT2D eigenvalue weighted by Gasteiger charge is 2.09. The molecule has 3 aromatic carbocycles. The summed E-state index contributed by atoms with van der Waals surface area (Å²) in [5, 5.41) is 14.1. The van der Waals surface area contributed by atoms with E-state index in [-0.39, 0.29) is 11.7 Å². The van der Waals surface area contributed by atoms with Crippen LogP contribution in [0.2, 0.25) is 0 Å². The number of pyridine rings is 1. The third kappa shape index (κ3) is 3.65. The fourth-order valence-corrected chi connectivity index (χ4v) is 3.06. The molecular weight excluding hydrogens is 336 g/mol. The lowest BCUT2D eigenvalue weighted by Gasteiger charge is -2.09. The molecule has 0 saturated carbocycles. The van der Waals surface area contributed by atoms with Crippen LogP contribution in [0, 0.1) is 0 Å². The zero-order valence-corrected chi connectivity index (χ0v) is 14.6. The maximum atomic E-state index is 12.5. The fraction of sp³-hybridized carbons (Fsp3) is 0.0435. The molecule has 0 aliphatic carbocycles. The van der Waals surface area contributed by atoms with E-state index in [0.29, 0.717) is 17.6 Å². The van der Waals surface area contributed by atoms with Crippen LogP contribution < -0.4 is 5.32 Å². The van der Waals surface area contributed by atoms with Crippen LogP contribution in [0.3, 0.4) is 0 Å². The van der Waals surface area contributed by atoms with Gasteiger partial charge in [0.1, 0.15) is 11.3 Å². The summed E-state index contributed by atoms with van der Waals surface area (Å²) in [4.78, 5) is 16.7. The van der Waals surface area contributed by atoms with E-state index in [2.05, 4.69) is 10.3 Å². The molecule has 0 spiro atoms. The van der Waals surface area contributed by atoms with Crippen LogP contribution in [-0.2, 0) is 6.54 Å². The lowest BCUT2D eigenvalue weighted by molar-refractivity contribution is 0.0951. The second-order valence-electron chi connectivity index (χ2n) is 6.32. The Balaban J connectivity index is 1.60. The normalized spacial score (nSPS) is 10.7. The van der Waals surface area contributed by atoms with E-state index in [1.807, 2.05) is 66.7 Å². The van der Waals surface area contributed by atoms with Gasteiger partial charge < -0.3 is 10.4 Å². The van der Waals surface area contributed by atoms with Crippen LogP contribution >= 0.6 is 0 Å². The topological polar surface area (TPSA) is 62.2 Å². The molecule has 0 radical (unpaired) electrons. The first-order valence-electron chi connectivity index (χ1n) is 8.71. The molecule has 1 aromatic heterocycles. The number of phenolic OH excluding ortho intramolecular Hbond substituents is 1. The monoisotopic (exact) mass is 354 g/mol. The standard InChI is InChI=1S/C23H18N2O2/c26-21-14-20(13-18-10-5-11-24-22(18)21)17-8-4-9-19(12-17)23(27)25-15-16-6-2-1-3-7-16/h1-14,26H,15H2,(H,25,27). The molecule has 1 amide bonds. The molecule has 0 unspecified atom stereocenters. The van der Waals surface area contributed by atoms with Crippen molar-refractivity contribution in [3.8, 4) is 16.9 Å². The van der Waals surface area contributed by atoms with Gasteiger partial charge in [0.15, 0.2) is 0 Å². The molecular formula is C23H18N2O2. The van der Waals surface area contributed by atoms with E-state index in [0.717, 1.165) is 22.1 Å². The van der Waals surface area contributed by atoms with Crippen LogP contribution in [0.1, 0.15) is 15.9 Å². The zero-order chi connectivity index (χ0) is 18.6. The van der Waals surface area contributed by atoms with Gasteiger partial charge in [-0.2, -0.15) is 0 Å². The quantitative estimate of drug-likeness (QED) is 0.566. The van der Waals surface area contributed by atoms with E-state index >= 15 is 0 Å². The van der Waals surface area contributed by atoms with Crippen molar-refractivity contribution < 1.29 is 9.90 Å². The van der Waals surface area contributed by atoms with Crippen LogP contribution in [0.4, 0.5) is 0 Å². The van der Waals surface area contributed by atoms with Gasteiger partial charge in [0.2, 0.25) is 0 Å². The van der Waals surface area contributed by atoms with Crippen molar-refractivity contribution in [1.82, 2.24) is 10.3 Å². The van der Waals surface area contributed by atoms with Gasteiger partial charge in [-0.05, 0) is 47.0 Å². The number of phenols is 1. The predicted octanol–water partition coefficient (Wildman–Crippen LogP) is 4.54. The van der Waals surface area contributed by atoms with Gasteiger partial charge in [-0.15, -0.1) is 0 Å². The minimum Gasteiger partial charge on any atom is -0.506 e. The molecule has 2 N–H and O–H groups in total. The molecule has 4 rings (SSSR count). The van der Waals surface area contributed by atoms with E-state index in [1.165, 1.54) is 0 Å². The number of fused-ring (bicyclic) bond motifs is 1. The number of nitrogens with zero attached hydrogens (tertiary/aromatic N) is 1. The Hall–Kier alpha value is -3.66. The van der Waals surface area contributed by atoms with E-state index in [4.69, 9.17) is 0 Å². The molecule has 0 bridgehead atoms. The van der Waals surface area contributed by atoms with Crippen molar-refractivity contribution in [2.45, 2.75) is 6.54 Å². The summed E-state index contributed by atoms with van der Waals surface area (Å²) in [6.07, 6.45) is 1.65. The van der Waals surface area contributed by atoms with Crippen molar-refractivity contribution in [3.63, 3.8) is 0 Å². The number of hydrogen-bond donors (Lipinski definition) is 2. The van der Waals surface area contributed by atoms with E-state index < -0.39 is 0 Å². The van der Waals surface area contributed by atoms with E-state index in [1.54, 1.807) is 18.3 Å². The van der Waals surface area contributed by atoms with Crippen molar-refractivity contribution in [2.24, 2.45) is 0 Å². The van der Waals surface area contributed by atoms with Gasteiger partial charge in [-0.1, -0.05) is 48.5 Å². The van der Waals surface area contributed by atoms with Crippen LogP contribution in [0.25, 0.3) is 22.0 Å². The maximum absolute atomic E-state index is 12.5. The lowest BCUT2D eigenvalue weighted by atomic mass is 10.0. The summed E-state index contributed by atoms with van der Waals surface area (Å²) in [6, 6.07) is 24.5. The van der Waals surface area contributed by atoms with Crippen LogP contribution in [0.15, 0.2) is 85.1 Å². The second-order valence-corrected chi connectivity index (χ2v) is 6.32. The van der Waals surface area contributed by atoms with Gasteiger partial charge >= 0.3 is 0 Å². The molecule has 132 valence electrons. The third-order valence-electron chi connectivity index (χ3n) is 4.44. The average Bonchev–Trinajstić information content (AvgIpc) is 2.73. The van der Waals surface area contributed by atoms with Gasteiger partial charge in [0, 0.05) is 23.7 Å². The first-order valence-corrected chi connectivity index (χ1v) is 8.71. The van der Waals surface area contributed by atoms with Crippen molar-refractivity contribution in [2.75, 3.05) is 0 Å². The summed E-state index contributed by atoms with van der Waals surface area (Å²) in [5.41, 5.74) is 3.90. The zero-order valence-electron chi connectivity index (χ0n) is 14.6. The molecule has 0 atom stereocenters. The molecule has 4 heteroatoms. The fourth-order valence-electron chi connectivity index (χ4n) is 3.06. The number of aromatic nitrogens is 1.